The molecule has 0 atom stereocenters. The quantitative estimate of drug-likeness (QED) is 0.808. The highest BCUT2D eigenvalue weighted by Crippen LogP contribution is 2.06. The van der Waals surface area contributed by atoms with Crippen LogP contribution in [0, 0.1) is 13.8 Å². The number of nitrogens with two attached hydrogens (primary N) is 1. The largest absolute Gasteiger partial charge is 0.388 e. The van der Waals surface area contributed by atoms with Crippen molar-refractivity contribution in [3.05, 3.63) is 41.2 Å². The second-order valence-corrected chi connectivity index (χ2v) is 4.52. The van der Waals surface area contributed by atoms with Crippen molar-refractivity contribution in [3.8, 4) is 0 Å². The Morgan fingerprint density at radius 3 is 2.63 bits per heavy atom. The third kappa shape index (κ3) is 3.65. The Bertz CT molecular complexity index is 596. The van der Waals surface area contributed by atoms with Crippen molar-refractivity contribution in [3.63, 3.8) is 0 Å². The predicted molar refractivity (Wildman–Crippen MR) is 76.8 cm³/mol. The van der Waals surface area contributed by atoms with Gasteiger partial charge < -0.3 is 11.1 Å². The fourth-order valence-corrected chi connectivity index (χ4v) is 1.56. The van der Waals surface area contributed by atoms with E-state index in [0.717, 1.165) is 17.1 Å². The Kier molecular flexibility index (Phi) is 3.96. The Labute approximate surface area is 116 Å². The summed E-state index contributed by atoms with van der Waals surface area (Å²) in [5, 5.41) is 3.08. The number of nitrogens with one attached hydrogen (secondary N) is 1. The van der Waals surface area contributed by atoms with Crippen LogP contribution in [-0.2, 0) is 6.54 Å². The fraction of sp³-hybridized carbons (Fsp3) is 0.250. The van der Waals surface area contributed by atoms with Crippen molar-refractivity contribution in [1.82, 2.24) is 19.9 Å². The minimum atomic E-state index is 0.253. The first-order valence-corrected chi connectivity index (χ1v) is 6.12. The zero-order valence-electron chi connectivity index (χ0n) is 10.7. The van der Waals surface area contributed by atoms with E-state index in [2.05, 4.69) is 25.3 Å². The van der Waals surface area contributed by atoms with Gasteiger partial charge in [-0.05, 0) is 19.9 Å². The summed E-state index contributed by atoms with van der Waals surface area (Å²) >= 11 is 4.91. The number of aromatic nitrogens is 4. The lowest BCUT2D eigenvalue weighted by atomic mass is 10.3. The summed E-state index contributed by atoms with van der Waals surface area (Å²) in [6.07, 6.45) is 3.43. The average molecular weight is 274 g/mol. The van der Waals surface area contributed by atoms with Gasteiger partial charge in [0.05, 0.1) is 24.1 Å². The van der Waals surface area contributed by atoms with Gasteiger partial charge in [0, 0.05) is 11.9 Å². The molecule has 7 heteroatoms. The molecule has 98 valence electrons. The van der Waals surface area contributed by atoms with Crippen LogP contribution in [0.5, 0.6) is 0 Å². The van der Waals surface area contributed by atoms with Gasteiger partial charge in [0.1, 0.15) is 10.7 Å². The standard InChI is InChI=1S/C12H14N6S/c1-7-3-10(11(13)19)18-12(17-7)16-6-9-5-14-8(2)4-15-9/h3-5H,6H2,1-2H3,(H2,13,19)(H,16,17,18). The maximum Gasteiger partial charge on any atom is 0.223 e. The fourth-order valence-electron chi connectivity index (χ4n) is 1.45. The lowest BCUT2D eigenvalue weighted by Crippen LogP contribution is -2.15. The summed E-state index contributed by atoms with van der Waals surface area (Å²) in [6.45, 7) is 4.25. The van der Waals surface area contributed by atoms with Gasteiger partial charge in [-0.2, -0.15) is 0 Å². The highest BCUT2D eigenvalue weighted by atomic mass is 32.1. The molecule has 0 bridgehead atoms. The first-order valence-electron chi connectivity index (χ1n) is 5.71. The Morgan fingerprint density at radius 1 is 1.21 bits per heavy atom. The highest BCUT2D eigenvalue weighted by molar-refractivity contribution is 7.80. The summed E-state index contributed by atoms with van der Waals surface area (Å²) in [7, 11) is 0. The maximum atomic E-state index is 5.57. The van der Waals surface area contributed by atoms with Gasteiger partial charge in [-0.1, -0.05) is 12.2 Å². The van der Waals surface area contributed by atoms with Crippen LogP contribution < -0.4 is 11.1 Å². The van der Waals surface area contributed by atoms with Gasteiger partial charge in [0.25, 0.3) is 0 Å². The van der Waals surface area contributed by atoms with Crippen LogP contribution in [0.15, 0.2) is 18.5 Å². The predicted octanol–water partition coefficient (Wildman–Crippen LogP) is 1.13. The average Bonchev–Trinajstić information content (AvgIpc) is 2.37. The SMILES string of the molecule is Cc1cnc(CNc2nc(C)cc(C(N)=S)n2)cn1. The van der Waals surface area contributed by atoms with E-state index in [1.54, 1.807) is 18.5 Å². The number of anilines is 1. The number of aryl methyl sites for hydroxylation is 2. The molecule has 3 N–H and O–H groups in total. The maximum absolute atomic E-state index is 5.57. The lowest BCUT2D eigenvalue weighted by Gasteiger charge is -2.07. The summed E-state index contributed by atoms with van der Waals surface area (Å²) in [5.74, 6) is 0.477. The molecule has 0 aromatic carbocycles. The number of nitrogens with zero attached hydrogens (tertiary/aromatic N) is 4. The van der Waals surface area contributed by atoms with E-state index < -0.39 is 0 Å². The van der Waals surface area contributed by atoms with Crippen molar-refractivity contribution in [2.45, 2.75) is 20.4 Å². The smallest absolute Gasteiger partial charge is 0.223 e. The van der Waals surface area contributed by atoms with E-state index in [0.29, 0.717) is 18.2 Å². The first kappa shape index (κ1) is 13.3. The zero-order valence-corrected chi connectivity index (χ0v) is 11.5. The Balaban J connectivity index is 2.11. The molecule has 2 aromatic rings. The minimum Gasteiger partial charge on any atom is -0.388 e. The molecule has 2 heterocycles. The topological polar surface area (TPSA) is 89.6 Å². The molecule has 0 radical (unpaired) electrons. The van der Waals surface area contributed by atoms with Gasteiger partial charge in [0.2, 0.25) is 5.95 Å². The molecule has 0 fully saturated rings. The van der Waals surface area contributed by atoms with Crippen molar-refractivity contribution in [1.29, 1.82) is 0 Å². The summed E-state index contributed by atoms with van der Waals surface area (Å²) < 4.78 is 0. The molecule has 0 aliphatic carbocycles. The van der Waals surface area contributed by atoms with E-state index >= 15 is 0 Å². The molecule has 0 amide bonds. The van der Waals surface area contributed by atoms with E-state index in [-0.39, 0.29) is 4.99 Å². The molecule has 0 saturated heterocycles. The van der Waals surface area contributed by atoms with Crippen LogP contribution in [0.3, 0.4) is 0 Å². The van der Waals surface area contributed by atoms with Gasteiger partial charge >= 0.3 is 0 Å². The van der Waals surface area contributed by atoms with Crippen LogP contribution in [0.1, 0.15) is 22.8 Å². The molecule has 0 aliphatic rings. The number of hydrogen-bond acceptors (Lipinski definition) is 6. The number of hydrogen-bond donors (Lipinski definition) is 2. The van der Waals surface area contributed by atoms with Crippen LogP contribution in [-0.4, -0.2) is 24.9 Å². The van der Waals surface area contributed by atoms with Crippen LogP contribution in [0.2, 0.25) is 0 Å². The number of rotatable bonds is 4. The first-order chi connectivity index (χ1) is 9.04. The molecule has 0 spiro atoms. The minimum absolute atomic E-state index is 0.253. The van der Waals surface area contributed by atoms with E-state index in [9.17, 15) is 0 Å². The molecule has 0 aliphatic heterocycles. The van der Waals surface area contributed by atoms with Crippen molar-refractivity contribution >= 4 is 23.2 Å². The monoisotopic (exact) mass is 274 g/mol. The molecule has 0 unspecified atom stereocenters. The Hall–Kier alpha value is -2.15. The number of thiocarbonyl (C=S) groups is 1. The van der Waals surface area contributed by atoms with Crippen molar-refractivity contribution in [2.24, 2.45) is 5.73 Å². The lowest BCUT2D eigenvalue weighted by molar-refractivity contribution is 0.954. The van der Waals surface area contributed by atoms with Crippen LogP contribution in [0.4, 0.5) is 5.95 Å². The van der Waals surface area contributed by atoms with Gasteiger partial charge in [0.15, 0.2) is 0 Å². The van der Waals surface area contributed by atoms with E-state index in [4.69, 9.17) is 18.0 Å². The van der Waals surface area contributed by atoms with Crippen molar-refractivity contribution in [2.75, 3.05) is 5.32 Å². The second-order valence-electron chi connectivity index (χ2n) is 4.09. The van der Waals surface area contributed by atoms with Crippen LogP contribution >= 0.6 is 12.2 Å². The van der Waals surface area contributed by atoms with Crippen LogP contribution in [0.25, 0.3) is 0 Å². The van der Waals surface area contributed by atoms with Gasteiger partial charge in [-0.15, -0.1) is 0 Å². The third-order valence-corrected chi connectivity index (χ3v) is 2.58. The Morgan fingerprint density at radius 2 is 2.00 bits per heavy atom. The zero-order chi connectivity index (χ0) is 13.8. The molecular weight excluding hydrogens is 260 g/mol. The molecular formula is C12H14N6S. The summed E-state index contributed by atoms with van der Waals surface area (Å²) in [6, 6.07) is 1.75. The molecule has 0 saturated carbocycles. The molecule has 2 aromatic heterocycles. The van der Waals surface area contributed by atoms with Gasteiger partial charge in [-0.25, -0.2) is 9.97 Å². The molecule has 19 heavy (non-hydrogen) atoms. The third-order valence-electron chi connectivity index (χ3n) is 2.37. The highest BCUT2D eigenvalue weighted by Gasteiger charge is 2.04. The normalized spacial score (nSPS) is 10.2. The summed E-state index contributed by atoms with van der Waals surface area (Å²) in [5.41, 5.74) is 8.62. The summed E-state index contributed by atoms with van der Waals surface area (Å²) in [4.78, 5) is 17.2. The van der Waals surface area contributed by atoms with Crippen molar-refractivity contribution < 1.29 is 0 Å². The van der Waals surface area contributed by atoms with E-state index in [1.165, 1.54) is 0 Å². The van der Waals surface area contributed by atoms with E-state index in [1.807, 2.05) is 13.8 Å². The molecule has 6 nitrogen and oxygen atoms in total. The molecule has 2 rings (SSSR count). The second kappa shape index (κ2) is 5.66. The van der Waals surface area contributed by atoms with Gasteiger partial charge in [-0.3, -0.25) is 9.97 Å².